The second kappa shape index (κ2) is 4.72. The molecule has 0 saturated carbocycles. The van der Waals surface area contributed by atoms with E-state index in [1.165, 1.54) is 12.1 Å². The van der Waals surface area contributed by atoms with Crippen molar-refractivity contribution < 1.29 is 23.0 Å². The fourth-order valence-electron chi connectivity index (χ4n) is 2.09. The molecule has 100 valence electrons. The van der Waals surface area contributed by atoms with Crippen LogP contribution in [0, 0.1) is 0 Å². The summed E-state index contributed by atoms with van der Waals surface area (Å²) in [5, 5.41) is 9.96. The average Bonchev–Trinajstić information content (AvgIpc) is 2.28. The van der Waals surface area contributed by atoms with E-state index < -0.39 is 22.4 Å². The molecular weight excluding hydrogens is 269 g/mol. The van der Waals surface area contributed by atoms with Crippen LogP contribution in [0.1, 0.15) is 24.0 Å². The van der Waals surface area contributed by atoms with Crippen LogP contribution in [0.2, 0.25) is 5.02 Å². The molecule has 1 N–H and O–H groups in total. The van der Waals surface area contributed by atoms with Crippen molar-refractivity contribution in [2.75, 3.05) is 13.2 Å². The van der Waals surface area contributed by atoms with E-state index in [2.05, 4.69) is 0 Å². The lowest BCUT2D eigenvalue weighted by molar-refractivity contribution is -0.137. The number of halogens is 4. The van der Waals surface area contributed by atoms with Crippen molar-refractivity contribution in [2.24, 2.45) is 0 Å². The van der Waals surface area contributed by atoms with Crippen molar-refractivity contribution in [3.63, 3.8) is 0 Å². The van der Waals surface area contributed by atoms with Gasteiger partial charge in [0, 0.05) is 31.6 Å². The number of aliphatic hydroxyl groups is 1. The number of rotatable bonds is 1. The molecule has 0 amide bonds. The molecule has 1 saturated heterocycles. The molecule has 0 aliphatic carbocycles. The Morgan fingerprint density at radius 3 is 2.39 bits per heavy atom. The zero-order valence-electron chi connectivity index (χ0n) is 9.43. The van der Waals surface area contributed by atoms with Crippen molar-refractivity contribution >= 4 is 11.6 Å². The lowest BCUT2D eigenvalue weighted by Gasteiger charge is -2.33. The van der Waals surface area contributed by atoms with E-state index >= 15 is 0 Å². The van der Waals surface area contributed by atoms with Gasteiger partial charge in [-0.05, 0) is 6.07 Å². The minimum Gasteiger partial charge on any atom is -0.385 e. The lowest BCUT2D eigenvalue weighted by atomic mass is 9.85. The maximum atomic E-state index is 12.7. The molecule has 0 unspecified atom stereocenters. The highest BCUT2D eigenvalue weighted by Gasteiger charge is 2.39. The lowest BCUT2D eigenvalue weighted by Crippen LogP contribution is -2.34. The molecule has 1 aromatic carbocycles. The van der Waals surface area contributed by atoms with Crippen LogP contribution in [-0.4, -0.2) is 18.3 Å². The third-order valence-corrected chi connectivity index (χ3v) is 3.53. The minimum atomic E-state index is -4.52. The van der Waals surface area contributed by atoms with Crippen LogP contribution in [0.3, 0.4) is 0 Å². The summed E-state index contributed by atoms with van der Waals surface area (Å²) in [6, 6.07) is 3.61. The topological polar surface area (TPSA) is 29.5 Å². The molecule has 0 aromatic heterocycles. The summed E-state index contributed by atoms with van der Waals surface area (Å²) < 4.78 is 43.3. The molecule has 0 bridgehead atoms. The number of hydrogen-bond donors (Lipinski definition) is 1. The van der Waals surface area contributed by atoms with Crippen LogP contribution in [0.4, 0.5) is 13.2 Å². The summed E-state index contributed by atoms with van der Waals surface area (Å²) in [5.41, 5.74) is -2.12. The molecule has 18 heavy (non-hydrogen) atoms. The second-order valence-electron chi connectivity index (χ2n) is 4.31. The fourth-order valence-corrected chi connectivity index (χ4v) is 2.50. The smallest absolute Gasteiger partial charge is 0.385 e. The Morgan fingerprint density at radius 2 is 1.83 bits per heavy atom. The predicted molar refractivity (Wildman–Crippen MR) is 60.4 cm³/mol. The predicted octanol–water partition coefficient (Wildman–Crippen LogP) is 3.36. The molecule has 0 spiro atoms. The van der Waals surface area contributed by atoms with Gasteiger partial charge >= 0.3 is 6.18 Å². The molecule has 1 aromatic rings. The van der Waals surface area contributed by atoms with E-state index in [-0.39, 0.29) is 18.4 Å². The van der Waals surface area contributed by atoms with Gasteiger partial charge in [0.25, 0.3) is 0 Å². The summed E-state index contributed by atoms with van der Waals surface area (Å²) >= 11 is 5.80. The minimum absolute atomic E-state index is 0.127. The van der Waals surface area contributed by atoms with Gasteiger partial charge in [-0.15, -0.1) is 0 Å². The maximum Gasteiger partial charge on any atom is 0.417 e. The molecule has 6 heteroatoms. The van der Waals surface area contributed by atoms with Gasteiger partial charge in [0.05, 0.1) is 16.2 Å². The molecule has 0 radical (unpaired) electrons. The van der Waals surface area contributed by atoms with E-state index in [9.17, 15) is 18.3 Å². The summed E-state index contributed by atoms with van der Waals surface area (Å²) in [6.07, 6.45) is -4.03. The Labute approximate surface area is 107 Å². The zero-order valence-corrected chi connectivity index (χ0v) is 10.2. The first-order valence-electron chi connectivity index (χ1n) is 5.51. The highest BCUT2D eigenvalue weighted by atomic mass is 35.5. The molecule has 1 heterocycles. The van der Waals surface area contributed by atoms with Gasteiger partial charge in [-0.1, -0.05) is 23.7 Å². The van der Waals surface area contributed by atoms with Crippen LogP contribution in [0.15, 0.2) is 18.2 Å². The van der Waals surface area contributed by atoms with Crippen LogP contribution in [0.25, 0.3) is 0 Å². The van der Waals surface area contributed by atoms with Crippen molar-refractivity contribution in [1.82, 2.24) is 0 Å². The Morgan fingerprint density at radius 1 is 1.22 bits per heavy atom. The highest BCUT2D eigenvalue weighted by molar-refractivity contribution is 6.32. The third kappa shape index (κ3) is 2.48. The molecule has 0 atom stereocenters. The van der Waals surface area contributed by atoms with Gasteiger partial charge < -0.3 is 9.84 Å². The van der Waals surface area contributed by atoms with E-state index in [1.807, 2.05) is 0 Å². The summed E-state index contributed by atoms with van der Waals surface area (Å²) in [6.45, 7) is 0.617. The zero-order chi connectivity index (χ0) is 13.4. The Hall–Kier alpha value is -0.780. The molecule has 1 aliphatic heterocycles. The first-order valence-corrected chi connectivity index (χ1v) is 5.89. The first kappa shape index (κ1) is 13.6. The van der Waals surface area contributed by atoms with E-state index in [1.54, 1.807) is 0 Å². The van der Waals surface area contributed by atoms with Crippen molar-refractivity contribution in [2.45, 2.75) is 24.6 Å². The number of alkyl halides is 3. The Balaban J connectivity index is 2.45. The van der Waals surface area contributed by atoms with Crippen LogP contribution in [0.5, 0.6) is 0 Å². The second-order valence-corrected chi connectivity index (χ2v) is 4.69. The molecule has 1 aliphatic rings. The van der Waals surface area contributed by atoms with Gasteiger partial charge in [0.1, 0.15) is 0 Å². The van der Waals surface area contributed by atoms with Gasteiger partial charge in [-0.2, -0.15) is 13.2 Å². The van der Waals surface area contributed by atoms with E-state index in [0.29, 0.717) is 13.2 Å². The van der Waals surface area contributed by atoms with Crippen LogP contribution >= 0.6 is 11.6 Å². The largest absolute Gasteiger partial charge is 0.417 e. The molecule has 1 fully saturated rings. The monoisotopic (exact) mass is 280 g/mol. The van der Waals surface area contributed by atoms with Crippen LogP contribution in [-0.2, 0) is 16.5 Å². The summed E-state index contributed by atoms with van der Waals surface area (Å²) in [4.78, 5) is 0. The third-order valence-electron chi connectivity index (χ3n) is 3.13. The van der Waals surface area contributed by atoms with Crippen molar-refractivity contribution in [1.29, 1.82) is 0 Å². The molecular formula is C12H12ClF3O2. The quantitative estimate of drug-likeness (QED) is 0.855. The van der Waals surface area contributed by atoms with Gasteiger partial charge in [-0.3, -0.25) is 0 Å². The Kier molecular flexibility index (Phi) is 3.58. The summed E-state index contributed by atoms with van der Waals surface area (Å²) in [5.74, 6) is 0. The normalized spacial score (nSPS) is 19.8. The Bertz CT molecular complexity index is 439. The van der Waals surface area contributed by atoms with Crippen molar-refractivity contribution in [3.05, 3.63) is 34.3 Å². The number of hydrogen-bond acceptors (Lipinski definition) is 2. The van der Waals surface area contributed by atoms with E-state index in [4.69, 9.17) is 16.3 Å². The average molecular weight is 281 g/mol. The number of ether oxygens (including phenoxy) is 1. The van der Waals surface area contributed by atoms with Crippen LogP contribution < -0.4 is 0 Å². The molecule has 2 rings (SSSR count). The summed E-state index contributed by atoms with van der Waals surface area (Å²) in [7, 11) is 0. The first-order chi connectivity index (χ1) is 8.34. The number of benzene rings is 1. The maximum absolute atomic E-state index is 12.7. The fraction of sp³-hybridized carbons (Fsp3) is 0.500. The highest BCUT2D eigenvalue weighted by Crippen LogP contribution is 2.42. The SMILES string of the molecule is OC1(c2cccc(C(F)(F)F)c2Cl)CCOCC1. The van der Waals surface area contributed by atoms with Gasteiger partial charge in [0.2, 0.25) is 0 Å². The van der Waals surface area contributed by atoms with Gasteiger partial charge in [-0.25, -0.2) is 0 Å². The van der Waals surface area contributed by atoms with Gasteiger partial charge in [0.15, 0.2) is 0 Å². The van der Waals surface area contributed by atoms with E-state index in [0.717, 1.165) is 6.07 Å². The van der Waals surface area contributed by atoms with Crippen molar-refractivity contribution in [3.8, 4) is 0 Å². The standard InChI is InChI=1S/C12H12ClF3O2/c13-10-8(11(17)4-6-18-7-5-11)2-1-3-9(10)12(14,15)16/h1-3,17H,4-7H2. The molecule has 2 nitrogen and oxygen atoms in total.